The van der Waals surface area contributed by atoms with E-state index in [2.05, 4.69) is 10.9 Å². The molecule has 1 aromatic carbocycles. The molecule has 3 amide bonds. The lowest BCUT2D eigenvalue weighted by Gasteiger charge is -2.31. The summed E-state index contributed by atoms with van der Waals surface area (Å²) < 4.78 is 27.0. The lowest BCUT2D eigenvalue weighted by molar-refractivity contribution is -0.135. The fourth-order valence-electron chi connectivity index (χ4n) is 3.55. The molecule has 0 aliphatic carbocycles. The van der Waals surface area contributed by atoms with E-state index < -0.39 is 27.8 Å². The number of carbonyl (C=O) groups is 3. The first kappa shape index (κ1) is 21.3. The number of hydrogen-bond donors (Lipinski definition) is 2. The second-order valence-corrected chi connectivity index (χ2v) is 9.41. The predicted octanol–water partition coefficient (Wildman–Crippen LogP) is 0.166. The normalized spacial score (nSPS) is 20.5. The number of aryl methyl sites for hydroxylation is 1. The molecule has 158 valence electrons. The minimum absolute atomic E-state index is 0.0581. The number of sulfonamides is 1. The van der Waals surface area contributed by atoms with Crippen molar-refractivity contribution in [3.05, 3.63) is 29.8 Å². The number of nitrogens with zero attached hydrogens (tertiary/aromatic N) is 2. The molecule has 0 radical (unpaired) electrons. The quantitative estimate of drug-likeness (QED) is 0.656. The Kier molecular flexibility index (Phi) is 6.53. The van der Waals surface area contributed by atoms with Crippen molar-refractivity contribution < 1.29 is 22.8 Å². The number of piperidine rings is 1. The summed E-state index contributed by atoms with van der Waals surface area (Å²) in [5.41, 5.74) is 5.64. The Morgan fingerprint density at radius 3 is 2.48 bits per heavy atom. The standard InChI is InChI=1S/C19H26N4O5S/c1-14-6-8-16(9-7-14)29(27,28)23-11-2-4-15(12-23)19(26)21-20-17(24)13-22-10-3-5-18(22)25/h6-9,15H,2-5,10-13H2,1H3,(H,20,24)(H,21,26)/t15-/m0/s1. The molecule has 2 N–H and O–H groups in total. The fraction of sp³-hybridized carbons (Fsp3) is 0.526. The van der Waals surface area contributed by atoms with Crippen LogP contribution < -0.4 is 10.9 Å². The van der Waals surface area contributed by atoms with Crippen LogP contribution in [0.4, 0.5) is 0 Å². The molecule has 10 heteroatoms. The number of benzene rings is 1. The molecule has 0 bridgehead atoms. The maximum Gasteiger partial charge on any atom is 0.257 e. The van der Waals surface area contributed by atoms with Crippen molar-refractivity contribution in [2.45, 2.75) is 37.5 Å². The SMILES string of the molecule is Cc1ccc(S(=O)(=O)N2CCC[C@H](C(=O)NNC(=O)CN3CCCC3=O)C2)cc1. The summed E-state index contributed by atoms with van der Waals surface area (Å²) in [6.45, 7) is 2.73. The van der Waals surface area contributed by atoms with Crippen LogP contribution >= 0.6 is 0 Å². The minimum Gasteiger partial charge on any atom is -0.333 e. The molecule has 2 heterocycles. The van der Waals surface area contributed by atoms with Crippen molar-refractivity contribution in [2.75, 3.05) is 26.2 Å². The van der Waals surface area contributed by atoms with Gasteiger partial charge in [-0.05, 0) is 38.3 Å². The first-order valence-corrected chi connectivity index (χ1v) is 11.1. The van der Waals surface area contributed by atoms with Crippen LogP contribution in [0.15, 0.2) is 29.2 Å². The highest BCUT2D eigenvalue weighted by molar-refractivity contribution is 7.89. The highest BCUT2D eigenvalue weighted by atomic mass is 32.2. The van der Waals surface area contributed by atoms with Crippen molar-refractivity contribution in [3.8, 4) is 0 Å². The summed E-state index contributed by atoms with van der Waals surface area (Å²) in [5.74, 6) is -1.54. The van der Waals surface area contributed by atoms with Gasteiger partial charge in [0.1, 0.15) is 6.54 Å². The third-order valence-corrected chi connectivity index (χ3v) is 7.12. The Morgan fingerprint density at radius 2 is 1.83 bits per heavy atom. The first-order chi connectivity index (χ1) is 13.8. The van der Waals surface area contributed by atoms with Crippen LogP contribution in [0, 0.1) is 12.8 Å². The molecular formula is C19H26N4O5S. The molecule has 2 aliphatic heterocycles. The van der Waals surface area contributed by atoms with Gasteiger partial charge in [-0.3, -0.25) is 25.2 Å². The van der Waals surface area contributed by atoms with E-state index >= 15 is 0 Å². The number of hydrazine groups is 1. The Labute approximate surface area is 170 Å². The average Bonchev–Trinajstić information content (AvgIpc) is 3.11. The number of hydrogen-bond acceptors (Lipinski definition) is 5. The van der Waals surface area contributed by atoms with E-state index in [1.807, 2.05) is 6.92 Å². The molecule has 2 aliphatic rings. The number of carbonyl (C=O) groups excluding carboxylic acids is 3. The molecule has 0 saturated carbocycles. The number of amides is 3. The number of nitrogens with one attached hydrogen (secondary N) is 2. The second kappa shape index (κ2) is 8.91. The molecule has 1 atom stereocenters. The van der Waals surface area contributed by atoms with Crippen LogP contribution in [-0.2, 0) is 24.4 Å². The van der Waals surface area contributed by atoms with Crippen LogP contribution in [0.5, 0.6) is 0 Å². The second-order valence-electron chi connectivity index (χ2n) is 7.47. The summed E-state index contributed by atoms with van der Waals surface area (Å²) in [5, 5.41) is 0. The molecule has 3 rings (SSSR count). The van der Waals surface area contributed by atoms with Crippen molar-refractivity contribution in [1.82, 2.24) is 20.1 Å². The van der Waals surface area contributed by atoms with E-state index in [0.717, 1.165) is 12.0 Å². The monoisotopic (exact) mass is 422 g/mol. The third-order valence-electron chi connectivity index (χ3n) is 5.24. The van der Waals surface area contributed by atoms with E-state index in [4.69, 9.17) is 0 Å². The van der Waals surface area contributed by atoms with Crippen LogP contribution in [-0.4, -0.2) is 61.5 Å². The molecule has 0 spiro atoms. The highest BCUT2D eigenvalue weighted by Crippen LogP contribution is 2.24. The molecule has 1 aromatic rings. The van der Waals surface area contributed by atoms with Gasteiger partial charge in [-0.1, -0.05) is 17.7 Å². The van der Waals surface area contributed by atoms with Gasteiger partial charge in [-0.25, -0.2) is 8.42 Å². The summed E-state index contributed by atoms with van der Waals surface area (Å²) >= 11 is 0. The number of rotatable bonds is 5. The van der Waals surface area contributed by atoms with Crippen LogP contribution in [0.1, 0.15) is 31.2 Å². The Bertz CT molecular complexity index is 884. The van der Waals surface area contributed by atoms with Crippen molar-refractivity contribution >= 4 is 27.7 Å². The van der Waals surface area contributed by atoms with Gasteiger partial charge in [-0.15, -0.1) is 0 Å². The van der Waals surface area contributed by atoms with Crippen LogP contribution in [0.25, 0.3) is 0 Å². The van der Waals surface area contributed by atoms with Gasteiger partial charge in [0.05, 0.1) is 10.8 Å². The maximum absolute atomic E-state index is 12.8. The van der Waals surface area contributed by atoms with Crippen LogP contribution in [0.3, 0.4) is 0 Å². The fourth-order valence-corrected chi connectivity index (χ4v) is 5.08. The van der Waals surface area contributed by atoms with E-state index in [0.29, 0.717) is 32.4 Å². The first-order valence-electron chi connectivity index (χ1n) is 9.70. The van der Waals surface area contributed by atoms with Crippen molar-refractivity contribution in [1.29, 1.82) is 0 Å². The Balaban J connectivity index is 1.54. The van der Waals surface area contributed by atoms with Gasteiger partial charge in [0.2, 0.25) is 21.8 Å². The lowest BCUT2D eigenvalue weighted by Crippen LogP contribution is -2.51. The summed E-state index contributed by atoms with van der Waals surface area (Å²) in [6.07, 6.45) is 2.25. The zero-order valence-electron chi connectivity index (χ0n) is 16.4. The van der Waals surface area contributed by atoms with Crippen molar-refractivity contribution in [2.24, 2.45) is 5.92 Å². The van der Waals surface area contributed by atoms with Gasteiger partial charge >= 0.3 is 0 Å². The molecule has 9 nitrogen and oxygen atoms in total. The molecule has 29 heavy (non-hydrogen) atoms. The topological polar surface area (TPSA) is 116 Å². The van der Waals surface area contributed by atoms with Gasteiger partial charge in [0, 0.05) is 26.1 Å². The minimum atomic E-state index is -3.68. The van der Waals surface area contributed by atoms with Crippen LogP contribution in [0.2, 0.25) is 0 Å². The molecular weight excluding hydrogens is 396 g/mol. The molecule has 2 saturated heterocycles. The van der Waals surface area contributed by atoms with Gasteiger partial charge in [0.15, 0.2) is 0 Å². The van der Waals surface area contributed by atoms with E-state index in [9.17, 15) is 22.8 Å². The van der Waals surface area contributed by atoms with Crippen molar-refractivity contribution in [3.63, 3.8) is 0 Å². The van der Waals surface area contributed by atoms with Gasteiger partial charge in [-0.2, -0.15) is 4.31 Å². The summed E-state index contributed by atoms with van der Waals surface area (Å²) in [7, 11) is -3.68. The summed E-state index contributed by atoms with van der Waals surface area (Å²) in [4.78, 5) is 37.6. The number of likely N-dealkylation sites (tertiary alicyclic amines) is 1. The molecule has 2 fully saturated rings. The van der Waals surface area contributed by atoms with E-state index in [1.54, 1.807) is 24.3 Å². The predicted molar refractivity (Wildman–Crippen MR) is 105 cm³/mol. The average molecular weight is 423 g/mol. The summed E-state index contributed by atoms with van der Waals surface area (Å²) in [6, 6.07) is 6.60. The zero-order valence-corrected chi connectivity index (χ0v) is 17.2. The third kappa shape index (κ3) is 5.13. The molecule has 0 aromatic heterocycles. The Hall–Kier alpha value is -2.46. The van der Waals surface area contributed by atoms with Gasteiger partial charge in [0.25, 0.3) is 5.91 Å². The molecule has 0 unspecified atom stereocenters. The van der Waals surface area contributed by atoms with E-state index in [-0.39, 0.29) is 23.9 Å². The van der Waals surface area contributed by atoms with E-state index in [1.165, 1.54) is 9.21 Å². The van der Waals surface area contributed by atoms with Gasteiger partial charge < -0.3 is 4.90 Å². The highest BCUT2D eigenvalue weighted by Gasteiger charge is 2.33. The largest absolute Gasteiger partial charge is 0.333 e. The smallest absolute Gasteiger partial charge is 0.257 e. The lowest BCUT2D eigenvalue weighted by atomic mass is 9.99. The Morgan fingerprint density at radius 1 is 1.10 bits per heavy atom. The maximum atomic E-state index is 12.8. The zero-order chi connectivity index (χ0) is 21.0.